The van der Waals surface area contributed by atoms with Crippen LogP contribution >= 0.6 is 0 Å². The predicted molar refractivity (Wildman–Crippen MR) is 95.6 cm³/mol. The quantitative estimate of drug-likeness (QED) is 0.699. The van der Waals surface area contributed by atoms with Gasteiger partial charge in [0, 0.05) is 18.2 Å². The van der Waals surface area contributed by atoms with E-state index in [1.165, 1.54) is 4.57 Å². The summed E-state index contributed by atoms with van der Waals surface area (Å²) in [5.74, 6) is -1.59. The number of hydrogen-bond donors (Lipinski definition) is 3. The zero-order valence-electron chi connectivity index (χ0n) is 14.4. The highest BCUT2D eigenvalue weighted by Gasteiger charge is 2.32. The van der Waals surface area contributed by atoms with Crippen molar-refractivity contribution in [3.63, 3.8) is 0 Å². The number of nitrogen functional groups attached to an aromatic ring is 1. The molecule has 0 bridgehead atoms. The molecule has 26 heavy (non-hydrogen) atoms. The molecule has 0 spiro atoms. The van der Waals surface area contributed by atoms with E-state index in [1.54, 1.807) is 25.1 Å². The number of aryl methyl sites for hydroxylation is 1. The highest BCUT2D eigenvalue weighted by molar-refractivity contribution is 6.23. The van der Waals surface area contributed by atoms with E-state index in [4.69, 9.17) is 5.73 Å². The summed E-state index contributed by atoms with van der Waals surface area (Å²) in [6.45, 7) is 4.26. The van der Waals surface area contributed by atoms with Crippen molar-refractivity contribution < 1.29 is 14.4 Å². The molecule has 1 aromatic heterocycles. The van der Waals surface area contributed by atoms with Crippen molar-refractivity contribution in [1.82, 2.24) is 15.2 Å². The van der Waals surface area contributed by atoms with Crippen LogP contribution in [0.2, 0.25) is 0 Å². The Morgan fingerprint density at radius 2 is 1.92 bits per heavy atom. The van der Waals surface area contributed by atoms with E-state index >= 15 is 0 Å². The second kappa shape index (κ2) is 6.47. The van der Waals surface area contributed by atoms with Crippen molar-refractivity contribution in [2.75, 3.05) is 12.3 Å². The Hall–Kier alpha value is -3.42. The SMILES string of the molecule is CCCNC(=O)c1ccc(-n2c(N)c3c(cc2=O)C(=O)NC3=O)c(C)c1. The fourth-order valence-electron chi connectivity index (χ4n) is 2.92. The summed E-state index contributed by atoms with van der Waals surface area (Å²) in [5, 5.41) is 4.90. The number of nitrogens with one attached hydrogen (secondary N) is 2. The first-order valence-corrected chi connectivity index (χ1v) is 8.15. The van der Waals surface area contributed by atoms with Gasteiger partial charge in [0.25, 0.3) is 23.3 Å². The first-order valence-electron chi connectivity index (χ1n) is 8.15. The minimum Gasteiger partial charge on any atom is -0.384 e. The van der Waals surface area contributed by atoms with Gasteiger partial charge in [-0.05, 0) is 37.1 Å². The molecule has 0 unspecified atom stereocenters. The number of aromatic nitrogens is 1. The number of rotatable bonds is 4. The molecule has 2 aromatic rings. The van der Waals surface area contributed by atoms with Gasteiger partial charge >= 0.3 is 0 Å². The van der Waals surface area contributed by atoms with Crippen molar-refractivity contribution in [3.05, 3.63) is 56.9 Å². The molecule has 1 aliphatic heterocycles. The number of pyridine rings is 1. The van der Waals surface area contributed by atoms with Crippen LogP contribution in [0.25, 0.3) is 5.69 Å². The van der Waals surface area contributed by atoms with E-state index in [9.17, 15) is 19.2 Å². The number of nitrogens with zero attached hydrogens (tertiary/aromatic N) is 1. The lowest BCUT2D eigenvalue weighted by Gasteiger charge is -2.15. The Labute approximate surface area is 149 Å². The molecule has 3 amide bonds. The normalized spacial score (nSPS) is 12.7. The van der Waals surface area contributed by atoms with Gasteiger partial charge < -0.3 is 11.1 Å². The van der Waals surface area contributed by atoms with Crippen LogP contribution < -0.4 is 21.9 Å². The number of imide groups is 1. The summed E-state index contributed by atoms with van der Waals surface area (Å²) < 4.78 is 1.17. The topological polar surface area (TPSA) is 123 Å². The van der Waals surface area contributed by atoms with Crippen molar-refractivity contribution in [1.29, 1.82) is 0 Å². The number of anilines is 1. The van der Waals surface area contributed by atoms with Crippen LogP contribution in [0.3, 0.4) is 0 Å². The third-order valence-electron chi connectivity index (χ3n) is 4.19. The monoisotopic (exact) mass is 354 g/mol. The molecule has 0 saturated heterocycles. The molecule has 8 nitrogen and oxygen atoms in total. The van der Waals surface area contributed by atoms with E-state index in [2.05, 4.69) is 10.6 Å². The van der Waals surface area contributed by atoms with E-state index in [0.717, 1.165) is 12.5 Å². The standard InChI is InChI=1S/C18H18N4O4/c1-3-6-20-16(24)10-4-5-12(9(2)7-10)22-13(23)8-11-14(15(22)19)18(26)21-17(11)25/h4-5,7-8H,3,6,19H2,1-2H3,(H,20,24)(H,21,25,26). The van der Waals surface area contributed by atoms with Crippen molar-refractivity contribution in [2.24, 2.45) is 0 Å². The summed E-state index contributed by atoms with van der Waals surface area (Å²) in [4.78, 5) is 48.2. The molecule has 1 aliphatic rings. The molecule has 0 atom stereocenters. The van der Waals surface area contributed by atoms with Gasteiger partial charge in [0.2, 0.25) is 0 Å². The van der Waals surface area contributed by atoms with E-state index in [-0.39, 0.29) is 22.9 Å². The third kappa shape index (κ3) is 2.75. The average molecular weight is 354 g/mol. The zero-order valence-corrected chi connectivity index (χ0v) is 14.4. The van der Waals surface area contributed by atoms with Crippen molar-refractivity contribution in [2.45, 2.75) is 20.3 Å². The summed E-state index contributed by atoms with van der Waals surface area (Å²) in [6, 6.07) is 5.91. The first kappa shape index (κ1) is 17.4. The average Bonchev–Trinajstić information content (AvgIpc) is 2.87. The van der Waals surface area contributed by atoms with Crippen LogP contribution in [-0.4, -0.2) is 28.8 Å². The summed E-state index contributed by atoms with van der Waals surface area (Å²) in [5.41, 5.74) is 6.98. The van der Waals surface area contributed by atoms with Crippen LogP contribution in [0.4, 0.5) is 5.82 Å². The van der Waals surface area contributed by atoms with Gasteiger partial charge in [-0.1, -0.05) is 6.92 Å². The van der Waals surface area contributed by atoms with Crippen LogP contribution in [-0.2, 0) is 0 Å². The molecule has 1 aromatic carbocycles. The van der Waals surface area contributed by atoms with E-state index in [1.807, 2.05) is 6.92 Å². The van der Waals surface area contributed by atoms with Gasteiger partial charge in [0.1, 0.15) is 5.82 Å². The molecule has 2 heterocycles. The summed E-state index contributed by atoms with van der Waals surface area (Å²) >= 11 is 0. The maximum atomic E-state index is 12.5. The van der Waals surface area contributed by atoms with Crippen molar-refractivity contribution >= 4 is 23.5 Å². The molecule has 0 aliphatic carbocycles. The van der Waals surface area contributed by atoms with Gasteiger partial charge in [-0.25, -0.2) is 0 Å². The van der Waals surface area contributed by atoms with Gasteiger partial charge in [0.15, 0.2) is 0 Å². The van der Waals surface area contributed by atoms with E-state index < -0.39 is 17.4 Å². The smallest absolute Gasteiger partial charge is 0.262 e. The molecule has 3 rings (SSSR count). The number of nitrogens with two attached hydrogens (primary N) is 1. The number of hydrogen-bond acceptors (Lipinski definition) is 5. The summed E-state index contributed by atoms with van der Waals surface area (Å²) in [6.07, 6.45) is 0.824. The first-order chi connectivity index (χ1) is 12.3. The second-order valence-corrected chi connectivity index (χ2v) is 6.03. The fourth-order valence-corrected chi connectivity index (χ4v) is 2.92. The molecular weight excluding hydrogens is 336 g/mol. The minimum absolute atomic E-state index is 0.0150. The van der Waals surface area contributed by atoms with Crippen LogP contribution in [0.1, 0.15) is 50.0 Å². The zero-order chi connectivity index (χ0) is 19.0. The number of benzene rings is 1. The van der Waals surface area contributed by atoms with Crippen LogP contribution in [0.5, 0.6) is 0 Å². The lowest BCUT2D eigenvalue weighted by atomic mass is 10.1. The molecular formula is C18H18N4O4. The van der Waals surface area contributed by atoms with Crippen molar-refractivity contribution in [3.8, 4) is 5.69 Å². The predicted octanol–water partition coefficient (Wildman–Crippen LogP) is 0.752. The molecule has 8 heteroatoms. The van der Waals surface area contributed by atoms with Gasteiger partial charge in [0.05, 0.1) is 16.8 Å². The Bertz CT molecular complexity index is 1010. The fraction of sp³-hybridized carbons (Fsp3) is 0.222. The maximum absolute atomic E-state index is 12.5. The van der Waals surface area contributed by atoms with Gasteiger partial charge in [-0.3, -0.25) is 29.1 Å². The second-order valence-electron chi connectivity index (χ2n) is 6.03. The Morgan fingerprint density at radius 1 is 1.19 bits per heavy atom. The molecule has 0 saturated carbocycles. The number of carbonyl (C=O) groups is 3. The van der Waals surface area contributed by atoms with E-state index in [0.29, 0.717) is 23.4 Å². The largest absolute Gasteiger partial charge is 0.384 e. The number of fused-ring (bicyclic) bond motifs is 1. The molecule has 4 N–H and O–H groups in total. The third-order valence-corrected chi connectivity index (χ3v) is 4.19. The summed E-state index contributed by atoms with van der Waals surface area (Å²) in [7, 11) is 0. The maximum Gasteiger partial charge on any atom is 0.262 e. The van der Waals surface area contributed by atoms with Gasteiger partial charge in [-0.2, -0.15) is 0 Å². The Balaban J connectivity index is 2.10. The lowest BCUT2D eigenvalue weighted by Crippen LogP contribution is -2.26. The highest BCUT2D eigenvalue weighted by atomic mass is 16.2. The van der Waals surface area contributed by atoms with Crippen LogP contribution in [0, 0.1) is 6.92 Å². The minimum atomic E-state index is -0.638. The molecule has 0 fully saturated rings. The van der Waals surface area contributed by atoms with Crippen LogP contribution in [0.15, 0.2) is 29.1 Å². The van der Waals surface area contributed by atoms with Gasteiger partial charge in [-0.15, -0.1) is 0 Å². The Kier molecular flexibility index (Phi) is 4.33. The lowest BCUT2D eigenvalue weighted by molar-refractivity contribution is 0.0878. The number of amides is 3. The highest BCUT2D eigenvalue weighted by Crippen LogP contribution is 2.24. The Morgan fingerprint density at radius 3 is 2.58 bits per heavy atom. The number of carbonyl (C=O) groups excluding carboxylic acids is 3. The molecule has 0 radical (unpaired) electrons. The molecule has 134 valence electrons.